The second-order valence-corrected chi connectivity index (χ2v) is 0.324. The molecule has 0 aliphatic rings. The summed E-state index contributed by atoms with van der Waals surface area (Å²) >= 11 is 0. The van der Waals surface area contributed by atoms with E-state index in [0.717, 1.165) is 0 Å². The summed E-state index contributed by atoms with van der Waals surface area (Å²) in [5.41, 5.74) is 4.61. The van der Waals surface area contributed by atoms with Crippen molar-refractivity contribution in [1.29, 1.82) is 5.39 Å². The third-order valence-electron chi connectivity index (χ3n) is 0.0816. The molecule has 0 aliphatic carbocycles. The van der Waals surface area contributed by atoms with E-state index in [2.05, 4.69) is 10.7 Å². The first-order valence-corrected chi connectivity index (χ1v) is 0.924. The third kappa shape index (κ3) is 1.38. The highest BCUT2D eigenvalue weighted by molar-refractivity contribution is 4.37. The monoisotopic (exact) mass is 58.0 g/mol. The van der Waals surface area contributed by atoms with Gasteiger partial charge in [0, 0.05) is 0 Å². The van der Waals surface area contributed by atoms with Gasteiger partial charge in [0.2, 0.25) is 5.39 Å². The van der Waals surface area contributed by atoms with Crippen LogP contribution in [0.5, 0.6) is 0 Å². The summed E-state index contributed by atoms with van der Waals surface area (Å²) in [6, 6.07) is 0. The first kappa shape index (κ1) is 3.38. The maximum Gasteiger partial charge on any atom is 0.357 e. The standard InChI is InChI=1S/CH4N3/c2-1-4-3/h1-2H2/q+1. The molecule has 0 rings (SSSR count). The normalized spacial score (nSPS) is 5.00. The molecular weight excluding hydrogens is 54.0 g/mol. The number of diazo groups is 1. The topological polar surface area (TPSA) is 54.2 Å². The summed E-state index contributed by atoms with van der Waals surface area (Å²) in [5, 5.41) is 7.38. The Balaban J connectivity index is 2.43. The van der Waals surface area contributed by atoms with Crippen LogP contribution in [0, 0.1) is 5.39 Å². The van der Waals surface area contributed by atoms with Crippen LogP contribution in [0.2, 0.25) is 0 Å². The van der Waals surface area contributed by atoms with Crippen LogP contribution in [0.25, 0.3) is 4.98 Å². The molecule has 0 saturated carbocycles. The zero-order valence-electron chi connectivity index (χ0n) is 2.18. The van der Waals surface area contributed by atoms with Crippen LogP contribution in [0.1, 0.15) is 0 Å². The molecule has 0 fully saturated rings. The van der Waals surface area contributed by atoms with Crippen molar-refractivity contribution < 1.29 is 0 Å². The van der Waals surface area contributed by atoms with Crippen LogP contribution in [-0.4, -0.2) is 6.67 Å². The first-order valence-electron chi connectivity index (χ1n) is 0.924. The molecule has 0 bridgehead atoms. The summed E-state index contributed by atoms with van der Waals surface area (Å²) in [6.07, 6.45) is 0. The van der Waals surface area contributed by atoms with Gasteiger partial charge in [0.25, 0.3) is 0 Å². The quantitative estimate of drug-likeness (QED) is 0.391. The van der Waals surface area contributed by atoms with Crippen molar-refractivity contribution in [3.8, 4) is 0 Å². The highest BCUT2D eigenvalue weighted by Crippen LogP contribution is 1.39. The summed E-state index contributed by atoms with van der Waals surface area (Å²) in [4.78, 5) is 2.51. The van der Waals surface area contributed by atoms with Crippen molar-refractivity contribution in [2.45, 2.75) is 0 Å². The average molecular weight is 58.1 g/mol. The molecule has 0 unspecified atom stereocenters. The second kappa shape index (κ2) is 2.38. The molecule has 4 heavy (non-hydrogen) atoms. The van der Waals surface area contributed by atoms with Gasteiger partial charge in [0.1, 0.15) is 4.98 Å². The fourth-order valence-corrected chi connectivity index (χ4v) is 0. The largest absolute Gasteiger partial charge is 0.357 e. The van der Waals surface area contributed by atoms with Gasteiger partial charge < -0.3 is 0 Å². The van der Waals surface area contributed by atoms with Gasteiger partial charge in [-0.05, 0) is 0 Å². The Bertz CT molecular complexity index is 33.0. The molecule has 0 amide bonds. The molecule has 0 saturated heterocycles. The minimum absolute atomic E-state index is 0. The zero-order valence-corrected chi connectivity index (χ0v) is 2.18. The molecule has 0 spiro atoms. The molecule has 3 nitrogen and oxygen atoms in total. The Labute approximate surface area is 24.0 Å². The van der Waals surface area contributed by atoms with Gasteiger partial charge in [-0.25, -0.2) is 0 Å². The van der Waals surface area contributed by atoms with E-state index in [1.165, 1.54) is 0 Å². The van der Waals surface area contributed by atoms with E-state index in [1.807, 2.05) is 0 Å². The van der Waals surface area contributed by atoms with E-state index in [4.69, 9.17) is 5.39 Å². The summed E-state index contributed by atoms with van der Waals surface area (Å²) in [5.74, 6) is 0. The van der Waals surface area contributed by atoms with E-state index in [1.54, 1.807) is 0 Å². The van der Waals surface area contributed by atoms with Gasteiger partial charge >= 0.3 is 6.67 Å². The van der Waals surface area contributed by atoms with Crippen molar-refractivity contribution in [3.05, 3.63) is 4.98 Å². The van der Waals surface area contributed by atoms with Crippen LogP contribution in [0.15, 0.2) is 0 Å². The van der Waals surface area contributed by atoms with Crippen LogP contribution in [0.4, 0.5) is 0 Å². The lowest BCUT2D eigenvalue weighted by molar-refractivity contribution is 1.18. The van der Waals surface area contributed by atoms with Gasteiger partial charge in [-0.3, -0.25) is 5.73 Å². The Morgan fingerprint density at radius 1 is 2.00 bits per heavy atom. The first-order chi connectivity index (χ1) is 1.91. The summed E-state index contributed by atoms with van der Waals surface area (Å²) < 4.78 is 0. The fourth-order valence-electron chi connectivity index (χ4n) is 0. The van der Waals surface area contributed by atoms with Gasteiger partial charge in [-0.15, -0.1) is 0 Å². The smallest absolute Gasteiger partial charge is 0.257 e. The minimum Gasteiger partial charge on any atom is -0.257 e. The van der Waals surface area contributed by atoms with Gasteiger partial charge in [0.05, 0.1) is 0 Å². The number of nitrogens with zero attached hydrogens (tertiary/aromatic N) is 2. The molecule has 0 radical (unpaired) electrons. The lowest BCUT2D eigenvalue weighted by Crippen LogP contribution is -1.87. The Hall–Kier alpha value is -0.620. The lowest BCUT2D eigenvalue weighted by Gasteiger charge is -1.35. The highest BCUT2D eigenvalue weighted by atomic mass is 14.9. The van der Waals surface area contributed by atoms with Gasteiger partial charge in [0.15, 0.2) is 0 Å². The number of rotatable bonds is 0. The Kier molecular flexibility index (Phi) is 2.01. The lowest BCUT2D eigenvalue weighted by atomic mass is 11.3. The summed E-state index contributed by atoms with van der Waals surface area (Å²) in [6.45, 7) is 0. The molecule has 0 heterocycles. The summed E-state index contributed by atoms with van der Waals surface area (Å²) in [7, 11) is 0. The average Bonchev–Trinajstić information content (AvgIpc) is 1.37. The molecule has 0 aromatic heterocycles. The third-order valence-corrected chi connectivity index (χ3v) is 0.0816. The number of nitrogens with two attached hydrogens (primary N) is 1. The molecular formula is CH4N3+. The molecule has 2 N–H and O–H groups in total. The van der Waals surface area contributed by atoms with E-state index < -0.39 is 0 Å². The van der Waals surface area contributed by atoms with E-state index in [0.29, 0.717) is 0 Å². The van der Waals surface area contributed by atoms with Crippen molar-refractivity contribution in [3.63, 3.8) is 0 Å². The van der Waals surface area contributed by atoms with Crippen LogP contribution in [0.3, 0.4) is 0 Å². The van der Waals surface area contributed by atoms with E-state index >= 15 is 0 Å². The van der Waals surface area contributed by atoms with E-state index in [9.17, 15) is 0 Å². The maximum atomic E-state index is 7.38. The van der Waals surface area contributed by atoms with Crippen molar-refractivity contribution in [1.82, 2.24) is 0 Å². The van der Waals surface area contributed by atoms with Crippen molar-refractivity contribution >= 4 is 0 Å². The second-order valence-electron chi connectivity index (χ2n) is 0.324. The minimum atomic E-state index is 0. The Morgan fingerprint density at radius 2 is 2.25 bits per heavy atom. The number of hydrogen-bond donors (Lipinski definition) is 1. The fraction of sp³-hybridized carbons (Fsp3) is 1.00. The Morgan fingerprint density at radius 3 is 2.25 bits per heavy atom. The van der Waals surface area contributed by atoms with Crippen LogP contribution < -0.4 is 5.73 Å². The van der Waals surface area contributed by atoms with Crippen molar-refractivity contribution in [2.75, 3.05) is 6.67 Å². The highest BCUT2D eigenvalue weighted by Gasteiger charge is 1.66. The molecule has 22 valence electrons. The molecule has 0 aromatic rings. The van der Waals surface area contributed by atoms with E-state index in [-0.39, 0.29) is 6.67 Å². The van der Waals surface area contributed by atoms with Crippen LogP contribution in [-0.2, 0) is 0 Å². The number of hydrogen-bond acceptors (Lipinski definition) is 2. The maximum absolute atomic E-state index is 7.38. The predicted octanol–water partition coefficient (Wildman–Crippen LogP) is -0.244. The molecule has 0 atom stereocenters. The molecule has 3 heteroatoms. The van der Waals surface area contributed by atoms with Gasteiger partial charge in [-0.1, -0.05) is 0 Å². The predicted molar refractivity (Wildman–Crippen MR) is 14.1 cm³/mol. The van der Waals surface area contributed by atoms with Crippen molar-refractivity contribution in [2.24, 2.45) is 5.73 Å². The SMILES string of the molecule is N#[N+]CN. The molecule has 0 aliphatic heterocycles. The zero-order chi connectivity index (χ0) is 3.41. The van der Waals surface area contributed by atoms with Crippen LogP contribution >= 0.6 is 0 Å². The van der Waals surface area contributed by atoms with Gasteiger partial charge in [-0.2, -0.15) is 0 Å². The molecule has 0 aromatic carbocycles.